The molecule has 0 aromatic carbocycles. The standard InChI is InChI=1S/C18H30N6O7P/c1-5-12(2)9-23(4)6-7-29-32(27,28)30-11-15-14(21-22-19)8-16(31-15)24-10-13(3)17(25)20-18(24)26/h9-10,12,14-16H,5-8,11H2,1-4H3,(H,27,28)(H,20,25,26). The second-order valence-electron chi connectivity index (χ2n) is 7.73. The summed E-state index contributed by atoms with van der Waals surface area (Å²) in [6.45, 7) is 7.65. The molecule has 1 radical (unpaired) electrons. The van der Waals surface area contributed by atoms with E-state index in [1.54, 1.807) is 0 Å². The second kappa shape index (κ2) is 11.8. The molecule has 1 saturated heterocycles. The van der Waals surface area contributed by atoms with Crippen LogP contribution in [0.5, 0.6) is 0 Å². The van der Waals surface area contributed by atoms with Crippen molar-refractivity contribution in [2.75, 3.05) is 26.8 Å². The number of aromatic amines is 1. The summed E-state index contributed by atoms with van der Waals surface area (Å²) in [5, 5.41) is 3.64. The fourth-order valence-electron chi connectivity index (χ4n) is 3.14. The SMILES string of the molecule is CCC(C)[CH]N(C)CCOP(=O)(O)OCC1OC(n2cc(C)c(=O)[nH]c2=O)CC1N=[N+]=[N-]. The van der Waals surface area contributed by atoms with Gasteiger partial charge >= 0.3 is 13.5 Å². The lowest BCUT2D eigenvalue weighted by atomic mass is 10.1. The zero-order chi connectivity index (χ0) is 23.9. The molecular weight excluding hydrogens is 443 g/mol. The maximum atomic E-state index is 12.2. The smallest absolute Gasteiger partial charge is 0.352 e. The van der Waals surface area contributed by atoms with Crippen molar-refractivity contribution in [3.63, 3.8) is 0 Å². The van der Waals surface area contributed by atoms with Crippen LogP contribution in [0.3, 0.4) is 0 Å². The topological polar surface area (TPSA) is 172 Å². The number of nitrogens with zero attached hydrogens (tertiary/aromatic N) is 5. The summed E-state index contributed by atoms with van der Waals surface area (Å²) in [7, 11) is -2.53. The third-order valence-electron chi connectivity index (χ3n) is 5.11. The number of H-pyrrole nitrogens is 1. The highest BCUT2D eigenvalue weighted by Gasteiger charge is 2.38. The van der Waals surface area contributed by atoms with Gasteiger partial charge in [0.2, 0.25) is 0 Å². The van der Waals surface area contributed by atoms with E-state index in [2.05, 4.69) is 28.9 Å². The molecule has 32 heavy (non-hydrogen) atoms. The van der Waals surface area contributed by atoms with E-state index in [9.17, 15) is 19.0 Å². The van der Waals surface area contributed by atoms with Crippen molar-refractivity contribution < 1.29 is 23.2 Å². The first-order chi connectivity index (χ1) is 15.1. The van der Waals surface area contributed by atoms with E-state index in [1.165, 1.54) is 17.7 Å². The zero-order valence-electron chi connectivity index (χ0n) is 18.6. The van der Waals surface area contributed by atoms with Gasteiger partial charge in [0, 0.05) is 36.2 Å². The maximum absolute atomic E-state index is 12.2. The molecule has 5 unspecified atom stereocenters. The molecule has 1 aromatic rings. The molecule has 0 amide bonds. The number of phosphoric ester groups is 1. The van der Waals surface area contributed by atoms with Crippen LogP contribution in [0.25, 0.3) is 10.4 Å². The Morgan fingerprint density at radius 3 is 2.91 bits per heavy atom. The predicted molar refractivity (Wildman–Crippen MR) is 116 cm³/mol. The van der Waals surface area contributed by atoms with Gasteiger partial charge in [-0.3, -0.25) is 28.3 Å². The van der Waals surface area contributed by atoms with E-state index in [4.69, 9.17) is 19.3 Å². The number of nitrogens with one attached hydrogen (secondary N) is 1. The van der Waals surface area contributed by atoms with Crippen LogP contribution in [-0.2, 0) is 18.3 Å². The molecule has 179 valence electrons. The maximum Gasteiger partial charge on any atom is 0.472 e. The summed E-state index contributed by atoms with van der Waals surface area (Å²) in [5.74, 6) is 0.376. The molecule has 14 heteroatoms. The Kier molecular flexibility index (Phi) is 9.65. The molecule has 1 aliphatic heterocycles. The minimum atomic E-state index is -4.37. The summed E-state index contributed by atoms with van der Waals surface area (Å²) in [6.07, 6.45) is 0.712. The van der Waals surface area contributed by atoms with Crippen molar-refractivity contribution in [2.24, 2.45) is 11.0 Å². The molecule has 13 nitrogen and oxygen atoms in total. The van der Waals surface area contributed by atoms with Crippen LogP contribution < -0.4 is 11.2 Å². The minimum absolute atomic E-state index is 0.0306. The summed E-state index contributed by atoms with van der Waals surface area (Å²) in [6, 6.07) is -0.750. The number of aromatic nitrogens is 2. The molecule has 0 bridgehead atoms. The summed E-state index contributed by atoms with van der Waals surface area (Å²) in [4.78, 5) is 40.5. The molecule has 2 rings (SSSR count). The predicted octanol–water partition coefficient (Wildman–Crippen LogP) is 2.08. The van der Waals surface area contributed by atoms with Crippen molar-refractivity contribution in [1.82, 2.24) is 14.5 Å². The molecule has 1 aromatic heterocycles. The molecule has 0 spiro atoms. The third-order valence-corrected chi connectivity index (χ3v) is 6.10. The van der Waals surface area contributed by atoms with Crippen LogP contribution in [0.1, 0.15) is 38.5 Å². The van der Waals surface area contributed by atoms with Crippen LogP contribution in [0.4, 0.5) is 0 Å². The molecule has 1 fully saturated rings. The van der Waals surface area contributed by atoms with E-state index in [0.717, 1.165) is 6.42 Å². The Balaban J connectivity index is 1.95. The van der Waals surface area contributed by atoms with E-state index >= 15 is 0 Å². The van der Waals surface area contributed by atoms with Crippen LogP contribution in [0.15, 0.2) is 20.9 Å². The fraction of sp³-hybridized carbons (Fsp3) is 0.722. The second-order valence-corrected chi connectivity index (χ2v) is 9.18. The quantitative estimate of drug-likeness (QED) is 0.201. The number of ether oxygens (including phenoxy) is 1. The van der Waals surface area contributed by atoms with Gasteiger partial charge < -0.3 is 9.63 Å². The number of aryl methyl sites for hydroxylation is 1. The Hall–Kier alpha value is -1.98. The van der Waals surface area contributed by atoms with Gasteiger partial charge in [0.05, 0.1) is 25.4 Å². The summed E-state index contributed by atoms with van der Waals surface area (Å²) >= 11 is 0. The van der Waals surface area contributed by atoms with Crippen molar-refractivity contribution in [3.8, 4) is 0 Å². The third kappa shape index (κ3) is 7.56. The van der Waals surface area contributed by atoms with Gasteiger partial charge in [-0.1, -0.05) is 25.4 Å². The van der Waals surface area contributed by atoms with Crippen molar-refractivity contribution in [2.45, 2.75) is 52.0 Å². The lowest BCUT2D eigenvalue weighted by Crippen LogP contribution is -2.33. The van der Waals surface area contributed by atoms with Crippen LogP contribution in [-0.4, -0.2) is 58.3 Å². The normalized spacial score (nSPS) is 23.6. The van der Waals surface area contributed by atoms with Crippen molar-refractivity contribution in [1.29, 1.82) is 0 Å². The van der Waals surface area contributed by atoms with Crippen LogP contribution >= 0.6 is 7.82 Å². The van der Waals surface area contributed by atoms with E-state index in [1.807, 2.05) is 18.5 Å². The van der Waals surface area contributed by atoms with E-state index in [-0.39, 0.29) is 19.6 Å². The molecular formula is C18H30N6O7P. The number of hydrogen-bond donors (Lipinski definition) is 2. The lowest BCUT2D eigenvalue weighted by molar-refractivity contribution is -0.0285. The van der Waals surface area contributed by atoms with Gasteiger partial charge in [-0.15, -0.1) is 0 Å². The molecule has 1 aliphatic rings. The largest absolute Gasteiger partial charge is 0.472 e. The number of azide groups is 1. The average Bonchev–Trinajstić information content (AvgIpc) is 3.12. The summed E-state index contributed by atoms with van der Waals surface area (Å²) in [5.41, 5.74) is 7.93. The first-order valence-corrected chi connectivity index (χ1v) is 11.7. The van der Waals surface area contributed by atoms with Gasteiger partial charge in [-0.05, 0) is 25.4 Å². The Labute approximate surface area is 185 Å². The number of phosphoric acid groups is 1. The Morgan fingerprint density at radius 2 is 2.25 bits per heavy atom. The van der Waals surface area contributed by atoms with Gasteiger partial charge in [0.15, 0.2) is 0 Å². The molecule has 5 atom stereocenters. The highest BCUT2D eigenvalue weighted by molar-refractivity contribution is 7.47. The van der Waals surface area contributed by atoms with E-state index < -0.39 is 37.4 Å². The van der Waals surface area contributed by atoms with Gasteiger partial charge in [0.25, 0.3) is 5.56 Å². The van der Waals surface area contributed by atoms with E-state index in [0.29, 0.717) is 18.0 Å². The van der Waals surface area contributed by atoms with Gasteiger partial charge in [-0.25, -0.2) is 9.36 Å². The Morgan fingerprint density at radius 1 is 1.53 bits per heavy atom. The van der Waals surface area contributed by atoms with Crippen molar-refractivity contribution in [3.05, 3.63) is 49.6 Å². The minimum Gasteiger partial charge on any atom is -0.352 e. The first kappa shape index (κ1) is 26.3. The monoisotopic (exact) mass is 473 g/mol. The summed E-state index contributed by atoms with van der Waals surface area (Å²) < 4.78 is 29.2. The van der Waals surface area contributed by atoms with Crippen molar-refractivity contribution >= 4 is 7.82 Å². The highest BCUT2D eigenvalue weighted by atomic mass is 31.2. The highest BCUT2D eigenvalue weighted by Crippen LogP contribution is 2.44. The average molecular weight is 473 g/mol. The van der Waals surface area contributed by atoms with Gasteiger partial charge in [0.1, 0.15) is 6.23 Å². The first-order valence-electron chi connectivity index (χ1n) is 10.2. The molecule has 0 saturated carbocycles. The molecule has 2 N–H and O–H groups in total. The fourth-order valence-corrected chi connectivity index (χ4v) is 3.87. The van der Waals surface area contributed by atoms with Gasteiger partial charge in [-0.2, -0.15) is 0 Å². The Bertz CT molecular complexity index is 975. The number of likely N-dealkylation sites (N-methyl/N-ethyl adjacent to an activating group) is 1. The molecule has 0 aliphatic carbocycles. The lowest BCUT2D eigenvalue weighted by Gasteiger charge is -2.21. The molecule has 2 heterocycles. The number of hydrogen-bond acceptors (Lipinski definition) is 8. The zero-order valence-corrected chi connectivity index (χ0v) is 19.5. The van der Waals surface area contributed by atoms with Crippen LogP contribution in [0, 0.1) is 19.4 Å². The van der Waals surface area contributed by atoms with Crippen LogP contribution in [0.2, 0.25) is 0 Å². The number of rotatable bonds is 12.